The summed E-state index contributed by atoms with van der Waals surface area (Å²) < 4.78 is 10.5. The molecule has 0 aromatic carbocycles. The highest BCUT2D eigenvalue weighted by Crippen LogP contribution is 2.26. The summed E-state index contributed by atoms with van der Waals surface area (Å²) >= 11 is 0. The lowest BCUT2D eigenvalue weighted by Crippen LogP contribution is -2.27. The third kappa shape index (κ3) is 3.58. The van der Waals surface area contributed by atoms with Gasteiger partial charge in [0.2, 0.25) is 0 Å². The maximum atomic E-state index is 11.7. The number of furan rings is 1. The first kappa shape index (κ1) is 13.1. The molecule has 0 aliphatic rings. The van der Waals surface area contributed by atoms with Gasteiger partial charge >= 0.3 is 6.09 Å². The fourth-order valence-corrected chi connectivity index (χ4v) is 1.54. The molecule has 1 N–H and O–H groups in total. The molecule has 1 amide bonds. The third-order valence-electron chi connectivity index (χ3n) is 2.21. The van der Waals surface area contributed by atoms with Gasteiger partial charge in [-0.25, -0.2) is 9.78 Å². The zero-order valence-electron chi connectivity index (χ0n) is 11.1. The monoisotopic (exact) mass is 260 g/mol. The summed E-state index contributed by atoms with van der Waals surface area (Å²) in [6.45, 7) is 5.41. The van der Waals surface area contributed by atoms with Crippen molar-refractivity contribution in [1.29, 1.82) is 0 Å². The number of hydrogen-bond acceptors (Lipinski definition) is 4. The number of carbonyl (C=O) groups is 1. The van der Waals surface area contributed by atoms with Gasteiger partial charge in [-0.05, 0) is 45.0 Å². The number of rotatable bonds is 2. The Kier molecular flexibility index (Phi) is 3.55. The minimum absolute atomic E-state index is 0.409. The SMILES string of the molecule is CC(C)(C)OC(=O)Nc1ncccc1-c1ccco1. The first-order valence-corrected chi connectivity index (χ1v) is 5.94. The van der Waals surface area contributed by atoms with Crippen LogP contribution in [0.15, 0.2) is 41.1 Å². The predicted molar refractivity (Wildman–Crippen MR) is 71.8 cm³/mol. The van der Waals surface area contributed by atoms with Gasteiger partial charge in [-0.3, -0.25) is 5.32 Å². The largest absolute Gasteiger partial charge is 0.464 e. The lowest BCUT2D eigenvalue weighted by molar-refractivity contribution is 0.0635. The normalized spacial score (nSPS) is 11.1. The summed E-state index contributed by atoms with van der Waals surface area (Å²) in [6, 6.07) is 7.17. The molecule has 0 spiro atoms. The van der Waals surface area contributed by atoms with Crippen LogP contribution in [0.25, 0.3) is 11.3 Å². The molecule has 19 heavy (non-hydrogen) atoms. The third-order valence-corrected chi connectivity index (χ3v) is 2.21. The minimum Gasteiger partial charge on any atom is -0.464 e. The summed E-state index contributed by atoms with van der Waals surface area (Å²) in [5.74, 6) is 1.05. The summed E-state index contributed by atoms with van der Waals surface area (Å²) in [5.41, 5.74) is 0.155. The van der Waals surface area contributed by atoms with Crippen LogP contribution in [0.1, 0.15) is 20.8 Å². The highest BCUT2D eigenvalue weighted by atomic mass is 16.6. The van der Waals surface area contributed by atoms with Crippen molar-refractivity contribution >= 4 is 11.9 Å². The van der Waals surface area contributed by atoms with Crippen molar-refractivity contribution in [2.45, 2.75) is 26.4 Å². The zero-order valence-corrected chi connectivity index (χ0v) is 11.1. The number of carbonyl (C=O) groups excluding carboxylic acids is 1. The molecule has 0 bridgehead atoms. The van der Waals surface area contributed by atoms with Crippen LogP contribution in [0, 0.1) is 0 Å². The molecule has 0 atom stereocenters. The first-order chi connectivity index (χ1) is 8.96. The number of ether oxygens (including phenoxy) is 1. The van der Waals surface area contributed by atoms with Gasteiger partial charge in [-0.2, -0.15) is 0 Å². The molecule has 0 aliphatic carbocycles. The van der Waals surface area contributed by atoms with Crippen molar-refractivity contribution < 1.29 is 13.9 Å². The molecule has 0 fully saturated rings. The molecule has 5 nitrogen and oxygen atoms in total. The van der Waals surface area contributed by atoms with Crippen LogP contribution in [-0.4, -0.2) is 16.7 Å². The number of nitrogens with zero attached hydrogens (tertiary/aromatic N) is 1. The van der Waals surface area contributed by atoms with E-state index in [-0.39, 0.29) is 0 Å². The Morgan fingerprint density at radius 1 is 1.32 bits per heavy atom. The van der Waals surface area contributed by atoms with Gasteiger partial charge in [-0.15, -0.1) is 0 Å². The maximum Gasteiger partial charge on any atom is 0.413 e. The summed E-state index contributed by atoms with van der Waals surface area (Å²) in [4.78, 5) is 15.9. The molecule has 2 aromatic heterocycles. The highest BCUT2D eigenvalue weighted by Gasteiger charge is 2.18. The van der Waals surface area contributed by atoms with E-state index in [1.165, 1.54) is 0 Å². The Labute approximate surface area is 111 Å². The van der Waals surface area contributed by atoms with Crippen LogP contribution in [-0.2, 0) is 4.74 Å². The van der Waals surface area contributed by atoms with Gasteiger partial charge in [0.25, 0.3) is 0 Å². The highest BCUT2D eigenvalue weighted by molar-refractivity contribution is 5.88. The Morgan fingerprint density at radius 3 is 2.74 bits per heavy atom. The van der Waals surface area contributed by atoms with Gasteiger partial charge in [0, 0.05) is 6.20 Å². The van der Waals surface area contributed by atoms with E-state index < -0.39 is 11.7 Å². The number of pyridine rings is 1. The second-order valence-electron chi connectivity index (χ2n) is 5.00. The molecule has 0 saturated heterocycles. The van der Waals surface area contributed by atoms with E-state index in [1.54, 1.807) is 51.4 Å². The maximum absolute atomic E-state index is 11.7. The van der Waals surface area contributed by atoms with Crippen molar-refractivity contribution in [3.05, 3.63) is 36.7 Å². The van der Waals surface area contributed by atoms with E-state index >= 15 is 0 Å². The molecular formula is C14H16N2O3. The predicted octanol–water partition coefficient (Wildman–Crippen LogP) is 3.69. The zero-order chi connectivity index (χ0) is 13.9. The second kappa shape index (κ2) is 5.14. The average molecular weight is 260 g/mol. The topological polar surface area (TPSA) is 64.4 Å². The lowest BCUT2D eigenvalue weighted by Gasteiger charge is -2.19. The van der Waals surface area contributed by atoms with Crippen molar-refractivity contribution in [3.63, 3.8) is 0 Å². The quantitative estimate of drug-likeness (QED) is 0.894. The molecule has 0 saturated carbocycles. The molecule has 2 aromatic rings. The van der Waals surface area contributed by atoms with E-state index in [0.29, 0.717) is 17.1 Å². The smallest absolute Gasteiger partial charge is 0.413 e. The molecule has 100 valence electrons. The summed E-state index contributed by atoms with van der Waals surface area (Å²) in [5, 5.41) is 2.62. The number of nitrogens with one attached hydrogen (secondary N) is 1. The molecule has 2 rings (SSSR count). The van der Waals surface area contributed by atoms with Gasteiger partial charge in [0.15, 0.2) is 0 Å². The minimum atomic E-state index is -0.552. The summed E-state index contributed by atoms with van der Waals surface area (Å²) in [7, 11) is 0. The Hall–Kier alpha value is -2.30. The number of aromatic nitrogens is 1. The number of anilines is 1. The van der Waals surface area contributed by atoms with E-state index in [2.05, 4.69) is 10.3 Å². The van der Waals surface area contributed by atoms with Gasteiger partial charge in [-0.1, -0.05) is 0 Å². The van der Waals surface area contributed by atoms with Gasteiger partial charge in [0.1, 0.15) is 17.2 Å². The molecular weight excluding hydrogens is 244 g/mol. The number of hydrogen-bond donors (Lipinski definition) is 1. The number of amides is 1. The van der Waals surface area contributed by atoms with Gasteiger partial charge < -0.3 is 9.15 Å². The van der Waals surface area contributed by atoms with E-state index in [0.717, 1.165) is 0 Å². The van der Waals surface area contributed by atoms with Crippen LogP contribution < -0.4 is 5.32 Å². The van der Waals surface area contributed by atoms with Crippen LogP contribution in [0.2, 0.25) is 0 Å². The standard InChI is InChI=1S/C14H16N2O3/c1-14(2,3)19-13(17)16-12-10(6-4-8-15-12)11-7-5-9-18-11/h4-9H,1-3H3,(H,15,16,17). The van der Waals surface area contributed by atoms with Crippen LogP contribution in [0.4, 0.5) is 10.6 Å². The Bertz CT molecular complexity index is 556. The fraction of sp³-hybridized carbons (Fsp3) is 0.286. The van der Waals surface area contributed by atoms with Crippen LogP contribution in [0.5, 0.6) is 0 Å². The second-order valence-corrected chi connectivity index (χ2v) is 5.00. The molecule has 0 radical (unpaired) electrons. The molecule has 2 heterocycles. The molecule has 5 heteroatoms. The van der Waals surface area contributed by atoms with Crippen LogP contribution >= 0.6 is 0 Å². The van der Waals surface area contributed by atoms with E-state index in [1.807, 2.05) is 6.07 Å². The molecule has 0 unspecified atom stereocenters. The van der Waals surface area contributed by atoms with Gasteiger partial charge in [0.05, 0.1) is 11.8 Å². The van der Waals surface area contributed by atoms with Crippen molar-refractivity contribution in [2.75, 3.05) is 5.32 Å². The van der Waals surface area contributed by atoms with E-state index in [4.69, 9.17) is 9.15 Å². The Morgan fingerprint density at radius 2 is 2.11 bits per heavy atom. The van der Waals surface area contributed by atoms with Crippen molar-refractivity contribution in [3.8, 4) is 11.3 Å². The van der Waals surface area contributed by atoms with Crippen molar-refractivity contribution in [1.82, 2.24) is 4.98 Å². The van der Waals surface area contributed by atoms with Crippen LogP contribution in [0.3, 0.4) is 0 Å². The van der Waals surface area contributed by atoms with Crippen molar-refractivity contribution in [2.24, 2.45) is 0 Å². The fourth-order valence-electron chi connectivity index (χ4n) is 1.54. The van der Waals surface area contributed by atoms with E-state index in [9.17, 15) is 4.79 Å². The average Bonchev–Trinajstić information content (AvgIpc) is 2.80. The first-order valence-electron chi connectivity index (χ1n) is 5.94. The summed E-state index contributed by atoms with van der Waals surface area (Å²) in [6.07, 6.45) is 2.62. The molecule has 0 aliphatic heterocycles. The Balaban J connectivity index is 2.20. The lowest BCUT2D eigenvalue weighted by atomic mass is 10.2.